The molecule has 2 heterocycles. The number of hydrogen-bond donors (Lipinski definition) is 1. The smallest absolute Gasteiger partial charge is 0.175 e. The van der Waals surface area contributed by atoms with Crippen LogP contribution in [0.4, 0.5) is 0 Å². The van der Waals surface area contributed by atoms with E-state index in [1.807, 2.05) is 6.20 Å². The van der Waals surface area contributed by atoms with Crippen LogP contribution in [0.1, 0.15) is 24.5 Å². The zero-order valence-corrected chi connectivity index (χ0v) is 13.3. The summed E-state index contributed by atoms with van der Waals surface area (Å²) in [4.78, 5) is 9.34. The predicted molar refractivity (Wildman–Crippen MR) is 85.4 cm³/mol. The first-order valence-corrected chi connectivity index (χ1v) is 9.26. The standard InChI is InChI=1S/C16H19N3O2S/c1-22(20,21)14-4-2-12(3-5-14)15-10-19-16(11-18-15)13-6-8-17-9-7-13/h2-5,10-11,13,17H,6-9H2,1H3. The molecule has 0 unspecified atom stereocenters. The minimum absolute atomic E-state index is 0.315. The Labute approximate surface area is 130 Å². The molecule has 0 atom stereocenters. The molecule has 1 saturated heterocycles. The summed E-state index contributed by atoms with van der Waals surface area (Å²) in [6.45, 7) is 2.06. The van der Waals surface area contributed by atoms with Crippen LogP contribution in [0.15, 0.2) is 41.6 Å². The van der Waals surface area contributed by atoms with E-state index in [4.69, 9.17) is 0 Å². The van der Waals surface area contributed by atoms with Gasteiger partial charge in [0.2, 0.25) is 0 Å². The van der Waals surface area contributed by atoms with Crippen molar-refractivity contribution in [2.24, 2.45) is 0 Å². The lowest BCUT2D eigenvalue weighted by molar-refractivity contribution is 0.452. The third-order valence-corrected chi connectivity index (χ3v) is 5.14. The molecule has 0 amide bonds. The van der Waals surface area contributed by atoms with E-state index in [9.17, 15) is 8.42 Å². The highest BCUT2D eigenvalue weighted by molar-refractivity contribution is 7.90. The van der Waals surface area contributed by atoms with E-state index in [0.717, 1.165) is 42.9 Å². The Bertz CT molecular complexity index is 734. The molecule has 116 valence electrons. The van der Waals surface area contributed by atoms with Crippen LogP contribution in [0.3, 0.4) is 0 Å². The number of hydrogen-bond acceptors (Lipinski definition) is 5. The highest BCUT2D eigenvalue weighted by atomic mass is 32.2. The summed E-state index contributed by atoms with van der Waals surface area (Å²) in [5, 5.41) is 3.34. The van der Waals surface area contributed by atoms with Crippen molar-refractivity contribution >= 4 is 9.84 Å². The molecular weight excluding hydrogens is 298 g/mol. The maximum atomic E-state index is 11.5. The van der Waals surface area contributed by atoms with Gasteiger partial charge in [-0.15, -0.1) is 0 Å². The maximum absolute atomic E-state index is 11.5. The van der Waals surface area contributed by atoms with E-state index in [-0.39, 0.29) is 0 Å². The second kappa shape index (κ2) is 6.14. The summed E-state index contributed by atoms with van der Waals surface area (Å²) >= 11 is 0. The van der Waals surface area contributed by atoms with Crippen molar-refractivity contribution in [3.05, 3.63) is 42.4 Å². The monoisotopic (exact) mass is 317 g/mol. The SMILES string of the molecule is CS(=O)(=O)c1ccc(-c2cnc(C3CCNCC3)cn2)cc1. The van der Waals surface area contributed by atoms with Crippen LogP contribution in [-0.2, 0) is 9.84 Å². The lowest BCUT2D eigenvalue weighted by Gasteiger charge is -2.21. The molecule has 0 radical (unpaired) electrons. The fraction of sp³-hybridized carbons (Fsp3) is 0.375. The number of rotatable bonds is 3. The normalized spacial score (nSPS) is 16.6. The second-order valence-electron chi connectivity index (χ2n) is 5.65. The van der Waals surface area contributed by atoms with Gasteiger partial charge < -0.3 is 5.32 Å². The van der Waals surface area contributed by atoms with Crippen LogP contribution in [0, 0.1) is 0 Å². The molecule has 0 saturated carbocycles. The van der Waals surface area contributed by atoms with Crippen molar-refractivity contribution in [3.63, 3.8) is 0 Å². The second-order valence-corrected chi connectivity index (χ2v) is 7.66. The first-order valence-electron chi connectivity index (χ1n) is 7.37. The topological polar surface area (TPSA) is 72.0 Å². The molecule has 6 heteroatoms. The van der Waals surface area contributed by atoms with E-state index in [0.29, 0.717) is 10.8 Å². The van der Waals surface area contributed by atoms with Crippen molar-refractivity contribution in [1.29, 1.82) is 0 Å². The summed E-state index contributed by atoms with van der Waals surface area (Å²) in [5.41, 5.74) is 2.67. The van der Waals surface area contributed by atoms with Gasteiger partial charge in [0.25, 0.3) is 0 Å². The molecule has 0 aliphatic carbocycles. The molecule has 1 N–H and O–H groups in total. The van der Waals surface area contributed by atoms with Gasteiger partial charge in [-0.1, -0.05) is 12.1 Å². The van der Waals surface area contributed by atoms with E-state index in [2.05, 4.69) is 15.3 Å². The zero-order valence-electron chi connectivity index (χ0n) is 12.5. The van der Waals surface area contributed by atoms with Crippen molar-refractivity contribution in [2.45, 2.75) is 23.7 Å². The van der Waals surface area contributed by atoms with Gasteiger partial charge in [-0.05, 0) is 38.1 Å². The summed E-state index contributed by atoms with van der Waals surface area (Å²) in [5.74, 6) is 0.482. The van der Waals surface area contributed by atoms with Crippen LogP contribution in [-0.4, -0.2) is 37.7 Å². The largest absolute Gasteiger partial charge is 0.317 e. The summed E-state index contributed by atoms with van der Waals surface area (Å²) < 4.78 is 22.9. The van der Waals surface area contributed by atoms with Crippen LogP contribution in [0.2, 0.25) is 0 Å². The van der Waals surface area contributed by atoms with Gasteiger partial charge in [0.15, 0.2) is 9.84 Å². The van der Waals surface area contributed by atoms with E-state index < -0.39 is 9.84 Å². The van der Waals surface area contributed by atoms with Crippen LogP contribution < -0.4 is 5.32 Å². The Morgan fingerprint density at radius 1 is 1.05 bits per heavy atom. The van der Waals surface area contributed by atoms with Crippen molar-refractivity contribution < 1.29 is 8.42 Å². The number of nitrogens with one attached hydrogen (secondary N) is 1. The molecule has 1 fully saturated rings. The Hall–Kier alpha value is -1.79. The van der Waals surface area contributed by atoms with Crippen LogP contribution in [0.25, 0.3) is 11.3 Å². The van der Waals surface area contributed by atoms with Crippen molar-refractivity contribution in [3.8, 4) is 11.3 Å². The maximum Gasteiger partial charge on any atom is 0.175 e. The number of sulfone groups is 1. The van der Waals surface area contributed by atoms with Crippen molar-refractivity contribution in [2.75, 3.05) is 19.3 Å². The first kappa shape index (κ1) is 15.1. The molecule has 0 spiro atoms. The lowest BCUT2D eigenvalue weighted by Crippen LogP contribution is -2.27. The summed E-state index contributed by atoms with van der Waals surface area (Å²) in [6.07, 6.45) is 7.01. The molecule has 1 aliphatic heterocycles. The molecule has 1 aliphatic rings. The first-order chi connectivity index (χ1) is 10.5. The van der Waals surface area contributed by atoms with Gasteiger partial charge in [-0.25, -0.2) is 8.42 Å². The minimum atomic E-state index is -3.16. The van der Waals surface area contributed by atoms with Gasteiger partial charge >= 0.3 is 0 Å². The van der Waals surface area contributed by atoms with Gasteiger partial charge in [-0.3, -0.25) is 9.97 Å². The molecular formula is C16H19N3O2S. The average molecular weight is 317 g/mol. The van der Waals surface area contributed by atoms with E-state index in [1.54, 1.807) is 30.5 Å². The van der Waals surface area contributed by atoms with Crippen LogP contribution in [0.5, 0.6) is 0 Å². The van der Waals surface area contributed by atoms with Gasteiger partial charge in [0.05, 0.1) is 22.5 Å². The molecule has 3 rings (SSSR count). The van der Waals surface area contributed by atoms with E-state index in [1.165, 1.54) is 6.26 Å². The minimum Gasteiger partial charge on any atom is -0.317 e. The average Bonchev–Trinajstić information content (AvgIpc) is 2.55. The molecule has 2 aromatic rings. The fourth-order valence-electron chi connectivity index (χ4n) is 2.69. The quantitative estimate of drug-likeness (QED) is 0.937. The van der Waals surface area contributed by atoms with E-state index >= 15 is 0 Å². The number of nitrogens with zero attached hydrogens (tertiary/aromatic N) is 2. The molecule has 1 aromatic carbocycles. The summed E-state index contributed by atoms with van der Waals surface area (Å²) in [6, 6.07) is 6.75. The Kier molecular flexibility index (Phi) is 4.22. The van der Waals surface area contributed by atoms with Gasteiger partial charge in [0, 0.05) is 23.9 Å². The molecule has 1 aromatic heterocycles. The Morgan fingerprint density at radius 2 is 1.73 bits per heavy atom. The highest BCUT2D eigenvalue weighted by Crippen LogP contribution is 2.24. The van der Waals surface area contributed by atoms with Crippen molar-refractivity contribution in [1.82, 2.24) is 15.3 Å². The number of piperidine rings is 1. The molecule has 0 bridgehead atoms. The predicted octanol–water partition coefficient (Wildman–Crippen LogP) is 2.01. The zero-order chi connectivity index (χ0) is 15.6. The molecule has 22 heavy (non-hydrogen) atoms. The fourth-order valence-corrected chi connectivity index (χ4v) is 3.32. The third-order valence-electron chi connectivity index (χ3n) is 4.01. The summed E-state index contributed by atoms with van der Waals surface area (Å²) in [7, 11) is -3.16. The van der Waals surface area contributed by atoms with Gasteiger partial charge in [0.1, 0.15) is 0 Å². The lowest BCUT2D eigenvalue weighted by atomic mass is 9.95. The third kappa shape index (κ3) is 3.34. The number of aromatic nitrogens is 2. The van der Waals surface area contributed by atoms with Crippen LogP contribution >= 0.6 is 0 Å². The van der Waals surface area contributed by atoms with Gasteiger partial charge in [-0.2, -0.15) is 0 Å². The Morgan fingerprint density at radius 3 is 2.27 bits per heavy atom. The highest BCUT2D eigenvalue weighted by Gasteiger charge is 2.16. The Balaban J connectivity index is 1.80. The number of benzene rings is 1. The molecule has 5 nitrogen and oxygen atoms in total.